The zero-order valence-electron chi connectivity index (χ0n) is 21.4. The van der Waals surface area contributed by atoms with Gasteiger partial charge in [0.15, 0.2) is 0 Å². The van der Waals surface area contributed by atoms with Crippen LogP contribution in [0, 0.1) is 5.92 Å². The number of carbonyl (C=O) groups excluding carboxylic acids is 1. The van der Waals surface area contributed by atoms with Gasteiger partial charge >= 0.3 is 0 Å². The van der Waals surface area contributed by atoms with E-state index in [4.69, 9.17) is 4.74 Å². The van der Waals surface area contributed by atoms with E-state index in [1.54, 1.807) is 4.57 Å². The van der Waals surface area contributed by atoms with Crippen molar-refractivity contribution in [3.8, 4) is 0 Å². The molecule has 1 amide bonds. The van der Waals surface area contributed by atoms with Crippen LogP contribution in [0.3, 0.4) is 0 Å². The highest BCUT2D eigenvalue weighted by atomic mass is 16.5. The summed E-state index contributed by atoms with van der Waals surface area (Å²) in [7, 11) is 4.00. The van der Waals surface area contributed by atoms with Crippen molar-refractivity contribution in [3.63, 3.8) is 0 Å². The van der Waals surface area contributed by atoms with E-state index >= 15 is 0 Å². The fourth-order valence-electron chi connectivity index (χ4n) is 6.33. The molecule has 1 saturated carbocycles. The van der Waals surface area contributed by atoms with Crippen molar-refractivity contribution in [3.05, 3.63) is 46.2 Å². The molecule has 1 aromatic heterocycles. The van der Waals surface area contributed by atoms with Crippen LogP contribution in [-0.2, 0) is 23.1 Å². The number of likely N-dealkylation sites (N-methyl/N-ethyl adjacent to an activating group) is 1. The van der Waals surface area contributed by atoms with Crippen LogP contribution in [0.4, 0.5) is 0 Å². The van der Waals surface area contributed by atoms with Crippen LogP contribution in [0.2, 0.25) is 0 Å². The van der Waals surface area contributed by atoms with Crippen molar-refractivity contribution in [2.24, 2.45) is 13.0 Å². The number of nitrogens with zero attached hydrogens (tertiary/aromatic N) is 4. The summed E-state index contributed by atoms with van der Waals surface area (Å²) in [6, 6.07) is 9.97. The number of benzene rings is 1. The second-order valence-corrected chi connectivity index (χ2v) is 10.9. The van der Waals surface area contributed by atoms with Crippen LogP contribution in [0.1, 0.15) is 44.1 Å². The van der Waals surface area contributed by atoms with E-state index in [1.807, 2.05) is 42.3 Å². The summed E-state index contributed by atoms with van der Waals surface area (Å²) in [6.07, 6.45) is 6.31. The third-order valence-corrected chi connectivity index (χ3v) is 8.58. The van der Waals surface area contributed by atoms with Crippen molar-refractivity contribution < 1.29 is 9.53 Å². The minimum absolute atomic E-state index is 0.0125. The summed E-state index contributed by atoms with van der Waals surface area (Å²) in [4.78, 5) is 34.3. The lowest BCUT2D eigenvalue weighted by atomic mass is 9.87. The summed E-state index contributed by atoms with van der Waals surface area (Å²) in [6.45, 7) is 6.42. The molecule has 0 spiro atoms. The lowest BCUT2D eigenvalue weighted by Gasteiger charge is -2.47. The van der Waals surface area contributed by atoms with Gasteiger partial charge < -0.3 is 19.1 Å². The lowest BCUT2D eigenvalue weighted by molar-refractivity contribution is -0.140. The number of ether oxygens (including phenoxy) is 1. The van der Waals surface area contributed by atoms with Crippen LogP contribution < -0.4 is 5.56 Å². The van der Waals surface area contributed by atoms with Gasteiger partial charge in [0, 0.05) is 57.9 Å². The Hall–Kier alpha value is -2.22. The highest BCUT2D eigenvalue weighted by Crippen LogP contribution is 2.32. The van der Waals surface area contributed by atoms with Crippen LogP contribution >= 0.6 is 0 Å². The molecule has 5 rings (SSSR count). The molecular weight excluding hydrogens is 440 g/mol. The highest BCUT2D eigenvalue weighted by Gasteiger charge is 2.44. The van der Waals surface area contributed by atoms with Crippen molar-refractivity contribution in [2.75, 3.05) is 53.0 Å². The molecular formula is C28H40N4O3. The monoisotopic (exact) mass is 480 g/mol. The second kappa shape index (κ2) is 10.4. The van der Waals surface area contributed by atoms with E-state index in [1.165, 1.54) is 6.42 Å². The number of amides is 1. The molecule has 3 heterocycles. The van der Waals surface area contributed by atoms with Crippen LogP contribution in [0.25, 0.3) is 10.9 Å². The van der Waals surface area contributed by atoms with Gasteiger partial charge in [0.05, 0.1) is 24.2 Å². The van der Waals surface area contributed by atoms with Gasteiger partial charge in [-0.05, 0) is 43.8 Å². The van der Waals surface area contributed by atoms with Crippen molar-refractivity contribution in [1.82, 2.24) is 19.3 Å². The molecule has 7 heteroatoms. The highest BCUT2D eigenvalue weighted by molar-refractivity contribution is 5.81. The van der Waals surface area contributed by atoms with Crippen molar-refractivity contribution in [2.45, 2.75) is 50.6 Å². The Kier molecular flexibility index (Phi) is 7.28. The number of aromatic nitrogens is 1. The Morgan fingerprint density at radius 3 is 2.54 bits per heavy atom. The van der Waals surface area contributed by atoms with Crippen LogP contribution in [0.15, 0.2) is 35.1 Å². The van der Waals surface area contributed by atoms with E-state index in [9.17, 15) is 9.59 Å². The summed E-state index contributed by atoms with van der Waals surface area (Å²) in [5, 5.41) is 1.03. The van der Waals surface area contributed by atoms with Crippen LogP contribution in [-0.4, -0.2) is 83.7 Å². The largest absolute Gasteiger partial charge is 0.379 e. The third-order valence-electron chi connectivity index (χ3n) is 8.58. The molecule has 1 aromatic carbocycles. The summed E-state index contributed by atoms with van der Waals surface area (Å²) < 4.78 is 7.68. The first-order chi connectivity index (χ1) is 17.0. The first kappa shape index (κ1) is 24.5. The van der Waals surface area contributed by atoms with E-state index in [0.29, 0.717) is 25.3 Å². The van der Waals surface area contributed by atoms with Crippen molar-refractivity contribution >= 4 is 16.8 Å². The van der Waals surface area contributed by atoms with Gasteiger partial charge in [-0.1, -0.05) is 37.5 Å². The molecule has 1 aliphatic carbocycles. The van der Waals surface area contributed by atoms with E-state index in [-0.39, 0.29) is 22.9 Å². The maximum Gasteiger partial charge on any atom is 0.255 e. The van der Waals surface area contributed by atoms with E-state index in [2.05, 4.69) is 16.8 Å². The average molecular weight is 481 g/mol. The minimum atomic E-state index is -0.173. The van der Waals surface area contributed by atoms with Crippen LogP contribution in [0.5, 0.6) is 0 Å². The molecule has 7 nitrogen and oxygen atoms in total. The predicted molar refractivity (Wildman–Crippen MR) is 138 cm³/mol. The number of fused-ring (bicyclic) bond motifs is 1. The van der Waals surface area contributed by atoms with Gasteiger partial charge in [-0.3, -0.25) is 14.5 Å². The summed E-state index contributed by atoms with van der Waals surface area (Å²) in [5.41, 5.74) is 1.43. The average Bonchev–Trinajstić information content (AvgIpc) is 3.37. The fraction of sp³-hybridized carbons (Fsp3) is 0.643. The maximum absolute atomic E-state index is 14.0. The zero-order chi connectivity index (χ0) is 24.4. The standard InChI is InChI=1S/C28H40N4O3/c1-29-13-15-32(16-14-29)28(12-17-35-21-28)20-31(27(34)22-8-4-3-5-9-22)19-24-18-23-10-6-7-11-25(23)30(2)26(24)33/h6-7,10-11,18,22H,3-5,8-9,12-17,19-21H2,1-2H3. The normalized spacial score (nSPS) is 24.7. The third kappa shape index (κ3) is 5.04. The summed E-state index contributed by atoms with van der Waals surface area (Å²) >= 11 is 0. The van der Waals surface area contributed by atoms with E-state index < -0.39 is 0 Å². The molecule has 2 saturated heterocycles. The molecule has 1 unspecified atom stereocenters. The van der Waals surface area contributed by atoms with Gasteiger partial charge in [-0.2, -0.15) is 0 Å². The Morgan fingerprint density at radius 2 is 1.83 bits per heavy atom. The zero-order valence-corrected chi connectivity index (χ0v) is 21.4. The number of hydrogen-bond donors (Lipinski definition) is 0. The molecule has 0 bridgehead atoms. The number of carbonyl (C=O) groups is 1. The quantitative estimate of drug-likeness (QED) is 0.637. The van der Waals surface area contributed by atoms with Gasteiger partial charge in [0.25, 0.3) is 5.56 Å². The smallest absolute Gasteiger partial charge is 0.255 e. The number of pyridine rings is 1. The molecule has 35 heavy (non-hydrogen) atoms. The molecule has 190 valence electrons. The minimum Gasteiger partial charge on any atom is -0.379 e. The second-order valence-electron chi connectivity index (χ2n) is 10.9. The Morgan fingerprint density at radius 1 is 1.09 bits per heavy atom. The first-order valence-electron chi connectivity index (χ1n) is 13.3. The number of hydrogen-bond acceptors (Lipinski definition) is 5. The maximum atomic E-state index is 14.0. The topological polar surface area (TPSA) is 58.0 Å². The molecule has 0 N–H and O–H groups in total. The van der Waals surface area contributed by atoms with Gasteiger partial charge in [0.2, 0.25) is 5.91 Å². The van der Waals surface area contributed by atoms with E-state index in [0.717, 1.165) is 75.8 Å². The fourth-order valence-corrected chi connectivity index (χ4v) is 6.33. The van der Waals surface area contributed by atoms with Gasteiger partial charge in [-0.25, -0.2) is 0 Å². The molecule has 0 radical (unpaired) electrons. The van der Waals surface area contributed by atoms with Crippen molar-refractivity contribution in [1.29, 1.82) is 0 Å². The van der Waals surface area contributed by atoms with Gasteiger partial charge in [0.1, 0.15) is 0 Å². The number of rotatable bonds is 6. The molecule has 2 aliphatic heterocycles. The predicted octanol–water partition coefficient (Wildman–Crippen LogP) is 2.85. The lowest BCUT2D eigenvalue weighted by Crippen LogP contribution is -2.62. The number of aryl methyl sites for hydroxylation is 1. The number of piperazine rings is 1. The Labute approximate surface area is 208 Å². The first-order valence-corrected chi connectivity index (χ1v) is 13.3. The summed E-state index contributed by atoms with van der Waals surface area (Å²) in [5.74, 6) is 0.292. The molecule has 3 fully saturated rings. The molecule has 1 atom stereocenters. The van der Waals surface area contributed by atoms with Gasteiger partial charge in [-0.15, -0.1) is 0 Å². The Balaban J connectivity index is 1.47. The SMILES string of the molecule is CN1CCN(C2(CN(Cc3cc4ccccc4n(C)c3=O)C(=O)C3CCCCC3)CCOC2)CC1. The Bertz CT molecular complexity index is 1090. The molecule has 3 aliphatic rings. The number of para-hydroxylation sites is 1. The molecule has 2 aromatic rings.